The molecule has 0 radical (unpaired) electrons. The Morgan fingerprint density at radius 1 is 1.10 bits per heavy atom. The average Bonchev–Trinajstić information content (AvgIpc) is 3.32. The molecule has 1 N–H and O–H groups in total. The van der Waals surface area contributed by atoms with Crippen LogP contribution in [0.1, 0.15) is 64.6 Å². The number of para-hydroxylation sites is 1. The molecule has 0 spiro atoms. The minimum Gasteiger partial charge on any atom is -0.485 e. The lowest BCUT2D eigenvalue weighted by Crippen LogP contribution is -2.55. The Morgan fingerprint density at radius 3 is 2.76 bits per heavy atom. The fourth-order valence-corrected chi connectivity index (χ4v) is 7.40. The molecule has 2 fully saturated rings. The van der Waals surface area contributed by atoms with Crippen molar-refractivity contribution in [1.29, 1.82) is 0 Å². The van der Waals surface area contributed by atoms with Gasteiger partial charge in [0, 0.05) is 28.8 Å². The molecule has 10 heteroatoms. The van der Waals surface area contributed by atoms with Crippen molar-refractivity contribution in [3.05, 3.63) is 88.0 Å². The number of aromatic carboxylic acids is 1. The van der Waals surface area contributed by atoms with Crippen molar-refractivity contribution < 1.29 is 28.5 Å². The Balaban J connectivity index is 1.14. The first kappa shape index (κ1) is 26.0. The Morgan fingerprint density at radius 2 is 1.98 bits per heavy atom. The largest absolute Gasteiger partial charge is 0.485 e. The zero-order valence-electron chi connectivity index (χ0n) is 22.7. The van der Waals surface area contributed by atoms with E-state index in [-0.39, 0.29) is 36.3 Å². The summed E-state index contributed by atoms with van der Waals surface area (Å²) < 4.78 is 35.7. The van der Waals surface area contributed by atoms with E-state index in [1.165, 1.54) is 6.07 Å². The van der Waals surface area contributed by atoms with Gasteiger partial charge in [-0.3, -0.25) is 4.90 Å². The molecule has 0 aliphatic carbocycles. The van der Waals surface area contributed by atoms with Gasteiger partial charge in [0.05, 0.1) is 35.3 Å². The highest BCUT2D eigenvalue weighted by Crippen LogP contribution is 2.49. The smallest absolute Gasteiger partial charge is 0.335 e. The molecule has 8 rings (SSSR count). The van der Waals surface area contributed by atoms with Gasteiger partial charge < -0.3 is 23.9 Å². The maximum Gasteiger partial charge on any atom is 0.335 e. The summed E-state index contributed by atoms with van der Waals surface area (Å²) in [5.41, 5.74) is 3.38. The molecule has 216 valence electrons. The van der Waals surface area contributed by atoms with Gasteiger partial charge in [0.25, 0.3) is 0 Å². The first-order valence-corrected chi connectivity index (χ1v) is 14.8. The monoisotopic (exact) mass is 589 g/mol. The lowest BCUT2D eigenvalue weighted by atomic mass is 9.79. The third kappa shape index (κ3) is 4.17. The van der Waals surface area contributed by atoms with Gasteiger partial charge in [-0.2, -0.15) is 0 Å². The highest BCUT2D eigenvalue weighted by atomic mass is 35.5. The van der Waals surface area contributed by atoms with Gasteiger partial charge >= 0.3 is 5.97 Å². The second-order valence-corrected chi connectivity index (χ2v) is 12.0. The summed E-state index contributed by atoms with van der Waals surface area (Å²) in [6.07, 6.45) is 2.19. The molecule has 1 aromatic heterocycles. The number of aromatic nitrogens is 2. The van der Waals surface area contributed by atoms with E-state index in [1.807, 2.05) is 12.1 Å². The van der Waals surface area contributed by atoms with E-state index >= 15 is 0 Å². The van der Waals surface area contributed by atoms with Gasteiger partial charge in [0.1, 0.15) is 18.2 Å². The minimum atomic E-state index is -0.952. The van der Waals surface area contributed by atoms with E-state index in [4.69, 9.17) is 30.8 Å². The third-order valence-electron chi connectivity index (χ3n) is 9.33. The number of carboxylic acid groups (broad SMARTS) is 1. The molecule has 5 atom stereocenters. The second kappa shape index (κ2) is 9.97. The number of halogens is 2. The number of hydrogen-bond acceptors (Lipinski definition) is 6. The summed E-state index contributed by atoms with van der Waals surface area (Å²) in [7, 11) is 0. The SMILES string of the molecule is O=C(O)c1ccc2nc3n(c2c1)C(C1CCO1)C1CC(c2cccc4c2OC(c2ccc(Cl)cc2F)CO4)CCN1C3. The van der Waals surface area contributed by atoms with Gasteiger partial charge in [-0.25, -0.2) is 14.2 Å². The van der Waals surface area contributed by atoms with Crippen molar-refractivity contribution in [3.8, 4) is 11.5 Å². The van der Waals surface area contributed by atoms with Crippen molar-refractivity contribution in [2.45, 2.75) is 56.0 Å². The molecule has 0 bridgehead atoms. The number of benzene rings is 3. The lowest BCUT2D eigenvalue weighted by Gasteiger charge is -2.51. The van der Waals surface area contributed by atoms with Gasteiger partial charge in [0.15, 0.2) is 17.6 Å². The topological polar surface area (TPSA) is 86.0 Å². The van der Waals surface area contributed by atoms with Crippen LogP contribution in [-0.2, 0) is 11.3 Å². The number of carboxylic acids is 1. The fourth-order valence-electron chi connectivity index (χ4n) is 7.24. The Bertz CT molecular complexity index is 1720. The Labute approximate surface area is 246 Å². The number of piperidine rings is 1. The standard InChI is InChI=1S/C32H29ClFN3O5/c33-19-5-6-21(22(34)14-19)28-16-41-27-3-1-2-20(31(27)42-28)17-8-10-36-15-29-35-23-7-4-18(32(38)39)13-24(23)37(29)30(25(36)12-17)26-9-11-40-26/h1-7,13-14,17,25-26,28,30H,8-12,15-16H2,(H,38,39). The van der Waals surface area contributed by atoms with E-state index in [2.05, 4.69) is 15.5 Å². The first-order valence-electron chi connectivity index (χ1n) is 14.4. The highest BCUT2D eigenvalue weighted by Gasteiger charge is 2.47. The molecule has 5 heterocycles. The van der Waals surface area contributed by atoms with Crippen LogP contribution in [-0.4, -0.2) is 57.4 Å². The van der Waals surface area contributed by atoms with E-state index in [1.54, 1.807) is 30.3 Å². The van der Waals surface area contributed by atoms with Crippen LogP contribution in [0.5, 0.6) is 11.5 Å². The Kier molecular flexibility index (Phi) is 6.17. The number of hydrogen-bond donors (Lipinski definition) is 1. The average molecular weight is 590 g/mol. The Hall–Kier alpha value is -3.66. The van der Waals surface area contributed by atoms with Gasteiger partial charge in [0.2, 0.25) is 0 Å². The van der Waals surface area contributed by atoms with Crippen molar-refractivity contribution in [3.63, 3.8) is 0 Å². The maximum absolute atomic E-state index is 14.8. The summed E-state index contributed by atoms with van der Waals surface area (Å²) in [5, 5.41) is 10.0. The van der Waals surface area contributed by atoms with E-state index in [0.717, 1.165) is 54.8 Å². The molecule has 0 saturated carbocycles. The van der Waals surface area contributed by atoms with Crippen LogP contribution in [0.4, 0.5) is 4.39 Å². The van der Waals surface area contributed by atoms with Crippen molar-refractivity contribution in [1.82, 2.24) is 14.5 Å². The van der Waals surface area contributed by atoms with Gasteiger partial charge in [-0.1, -0.05) is 29.8 Å². The van der Waals surface area contributed by atoms with Crippen LogP contribution in [0, 0.1) is 5.82 Å². The van der Waals surface area contributed by atoms with E-state index in [9.17, 15) is 14.3 Å². The quantitative estimate of drug-likeness (QED) is 0.306. The van der Waals surface area contributed by atoms with Gasteiger partial charge in [-0.05, 0) is 68.1 Å². The number of fused-ring (bicyclic) bond motifs is 5. The fraction of sp³-hybridized carbons (Fsp3) is 0.375. The lowest BCUT2D eigenvalue weighted by molar-refractivity contribution is -0.112. The summed E-state index contributed by atoms with van der Waals surface area (Å²) in [6, 6.07) is 16.0. The first-order chi connectivity index (χ1) is 20.4. The number of ether oxygens (including phenoxy) is 3. The summed E-state index contributed by atoms with van der Waals surface area (Å²) >= 11 is 5.99. The number of imidazole rings is 1. The minimum absolute atomic E-state index is 0.00645. The highest BCUT2D eigenvalue weighted by molar-refractivity contribution is 6.30. The molecule has 5 unspecified atom stereocenters. The van der Waals surface area contributed by atoms with Crippen molar-refractivity contribution in [2.75, 3.05) is 19.8 Å². The van der Waals surface area contributed by atoms with E-state index in [0.29, 0.717) is 28.6 Å². The predicted octanol–water partition coefficient (Wildman–Crippen LogP) is 6.13. The third-order valence-corrected chi connectivity index (χ3v) is 9.57. The number of nitrogens with zero attached hydrogens (tertiary/aromatic N) is 3. The molecular weight excluding hydrogens is 561 g/mol. The molecular formula is C32H29ClFN3O5. The molecule has 4 aromatic rings. The van der Waals surface area contributed by atoms with Crippen LogP contribution < -0.4 is 9.47 Å². The maximum atomic E-state index is 14.8. The molecule has 4 aliphatic rings. The molecule has 4 aliphatic heterocycles. The van der Waals surface area contributed by atoms with Crippen molar-refractivity contribution in [2.24, 2.45) is 0 Å². The van der Waals surface area contributed by atoms with Crippen LogP contribution in [0.2, 0.25) is 5.02 Å². The zero-order chi connectivity index (χ0) is 28.5. The summed E-state index contributed by atoms with van der Waals surface area (Å²) in [4.78, 5) is 19.2. The van der Waals surface area contributed by atoms with Crippen LogP contribution in [0.25, 0.3) is 11.0 Å². The molecule has 0 amide bonds. The normalized spacial score (nSPS) is 26.8. The van der Waals surface area contributed by atoms with Crippen molar-refractivity contribution >= 4 is 28.6 Å². The van der Waals surface area contributed by atoms with Gasteiger partial charge in [-0.15, -0.1) is 0 Å². The van der Waals surface area contributed by atoms with Crippen LogP contribution in [0.3, 0.4) is 0 Å². The second-order valence-electron chi connectivity index (χ2n) is 11.6. The number of rotatable bonds is 4. The summed E-state index contributed by atoms with van der Waals surface area (Å²) in [5.74, 6) is 1.12. The molecule has 2 saturated heterocycles. The van der Waals surface area contributed by atoms with E-state index < -0.39 is 17.9 Å². The zero-order valence-corrected chi connectivity index (χ0v) is 23.5. The molecule has 42 heavy (non-hydrogen) atoms. The predicted molar refractivity (Wildman–Crippen MR) is 153 cm³/mol. The van der Waals surface area contributed by atoms with Crippen LogP contribution >= 0.6 is 11.6 Å². The molecule has 3 aromatic carbocycles. The van der Waals surface area contributed by atoms with Crippen LogP contribution in [0.15, 0.2) is 54.6 Å². The number of carbonyl (C=O) groups is 1. The molecule has 8 nitrogen and oxygen atoms in total. The summed E-state index contributed by atoms with van der Waals surface area (Å²) in [6.45, 7) is 2.51.